The number of nitrogens with zero attached hydrogens (tertiary/aromatic N) is 1. The molecule has 1 aliphatic rings. The second-order valence-electron chi connectivity index (χ2n) is 4.18. The number of carbonyl (C=O) groups excluding carboxylic acids is 2. The molecule has 1 N–H and O–H groups in total. The summed E-state index contributed by atoms with van der Waals surface area (Å²) in [6, 6.07) is 9.17. The van der Waals surface area contributed by atoms with Crippen LogP contribution in [0.2, 0.25) is 0 Å². The van der Waals surface area contributed by atoms with Crippen molar-refractivity contribution >= 4 is 47.1 Å². The average Bonchev–Trinajstić information content (AvgIpc) is 2.64. The fraction of sp³-hybridized carbons (Fsp3) is 0.385. The summed E-state index contributed by atoms with van der Waals surface area (Å²) < 4.78 is 0. The molecule has 0 bridgehead atoms. The zero-order valence-corrected chi connectivity index (χ0v) is 9.85. The van der Waals surface area contributed by atoms with Gasteiger partial charge in [0, 0.05) is 0 Å². The molecule has 1 aliphatic heterocycles. The first kappa shape index (κ1) is 15.2. The summed E-state index contributed by atoms with van der Waals surface area (Å²) in [5.41, 5.74) is 3.34. The molecule has 0 spiro atoms. The molecule has 0 radical (unpaired) electrons. The Morgan fingerprint density at radius 3 is 2.50 bits per heavy atom. The molecule has 92 valence electrons. The van der Waals surface area contributed by atoms with E-state index in [2.05, 4.69) is 5.43 Å². The number of hydrogen-bond acceptors (Lipinski definition) is 2. The number of anilines is 1. The third-order valence-electron chi connectivity index (χ3n) is 2.92. The van der Waals surface area contributed by atoms with Gasteiger partial charge in [0.2, 0.25) is 0 Å². The van der Waals surface area contributed by atoms with Gasteiger partial charge in [0.1, 0.15) is 5.92 Å². The van der Waals surface area contributed by atoms with Crippen LogP contribution in [0.1, 0.15) is 26.2 Å². The Morgan fingerprint density at radius 1 is 1.22 bits per heavy atom. The molecule has 1 saturated heterocycles. The van der Waals surface area contributed by atoms with Crippen LogP contribution in [-0.2, 0) is 9.59 Å². The van der Waals surface area contributed by atoms with Crippen LogP contribution in [0, 0.1) is 5.92 Å². The minimum atomic E-state index is -0.518. The summed E-state index contributed by atoms with van der Waals surface area (Å²) >= 11 is 0. The Hall–Kier alpha value is -0.840. The Balaban J connectivity index is 0.00000162. The van der Waals surface area contributed by atoms with E-state index in [0.29, 0.717) is 12.1 Å². The third-order valence-corrected chi connectivity index (χ3v) is 2.92. The van der Waals surface area contributed by atoms with E-state index < -0.39 is 5.92 Å². The molecule has 1 fully saturated rings. The summed E-state index contributed by atoms with van der Waals surface area (Å²) in [6.07, 6.45) is 2.51. The quantitative estimate of drug-likeness (QED) is 0.650. The molecule has 5 heteroatoms. The number of carbonyl (C=O) groups is 2. The molecule has 1 aromatic carbocycles. The van der Waals surface area contributed by atoms with Crippen LogP contribution >= 0.6 is 0 Å². The van der Waals surface area contributed by atoms with Crippen molar-refractivity contribution in [2.45, 2.75) is 26.2 Å². The monoisotopic (exact) mass is 256 g/mol. The predicted molar refractivity (Wildman–Crippen MR) is 72.2 cm³/mol. The summed E-state index contributed by atoms with van der Waals surface area (Å²) in [7, 11) is 0. The van der Waals surface area contributed by atoms with Gasteiger partial charge in [-0.15, -0.1) is 0 Å². The van der Waals surface area contributed by atoms with Gasteiger partial charge in [-0.05, 0) is 18.6 Å². The second-order valence-corrected chi connectivity index (χ2v) is 4.18. The normalized spacial score (nSPS) is 18.5. The van der Waals surface area contributed by atoms with Crippen LogP contribution in [0.4, 0.5) is 5.69 Å². The van der Waals surface area contributed by atoms with Crippen LogP contribution in [0.15, 0.2) is 30.3 Å². The van der Waals surface area contributed by atoms with E-state index in [0.717, 1.165) is 12.8 Å². The Kier molecular flexibility index (Phi) is 5.85. The fourth-order valence-electron chi connectivity index (χ4n) is 1.94. The van der Waals surface area contributed by atoms with Gasteiger partial charge in [-0.3, -0.25) is 15.0 Å². The van der Waals surface area contributed by atoms with Gasteiger partial charge in [-0.2, -0.15) is 0 Å². The molecule has 1 heterocycles. The maximum absolute atomic E-state index is 12.1. The summed E-state index contributed by atoms with van der Waals surface area (Å²) in [5.74, 6) is -0.850. The Morgan fingerprint density at radius 2 is 1.89 bits per heavy atom. The molecule has 1 atom stereocenters. The first-order chi connectivity index (χ1) is 8.24. The topological polar surface area (TPSA) is 49.4 Å². The number of para-hydroxylation sites is 1. The zero-order valence-electron chi connectivity index (χ0n) is 9.85. The number of hydrazine groups is 1. The van der Waals surface area contributed by atoms with E-state index in [1.165, 1.54) is 5.01 Å². The van der Waals surface area contributed by atoms with Gasteiger partial charge in [0.25, 0.3) is 11.8 Å². The first-order valence-electron chi connectivity index (χ1n) is 5.93. The summed E-state index contributed by atoms with van der Waals surface area (Å²) in [6.45, 7) is 2.05. The number of nitrogens with one attached hydrogen (secondary N) is 1. The second kappa shape index (κ2) is 6.92. The van der Waals surface area contributed by atoms with Gasteiger partial charge in [-0.25, -0.2) is 5.01 Å². The third kappa shape index (κ3) is 3.13. The van der Waals surface area contributed by atoms with E-state index >= 15 is 0 Å². The van der Waals surface area contributed by atoms with Gasteiger partial charge in [0.05, 0.1) is 5.69 Å². The van der Waals surface area contributed by atoms with Crippen LogP contribution in [0.5, 0.6) is 0 Å². The summed E-state index contributed by atoms with van der Waals surface area (Å²) in [5, 5.41) is 1.35. The SMILES string of the molecule is CCCCC1C(=O)NN(c2ccccc2)C1=O.[NaH]. The molecular weight excluding hydrogens is 239 g/mol. The van der Waals surface area contributed by atoms with Crippen molar-refractivity contribution in [2.75, 3.05) is 5.01 Å². The van der Waals surface area contributed by atoms with Crippen molar-refractivity contribution in [2.24, 2.45) is 5.92 Å². The fourth-order valence-corrected chi connectivity index (χ4v) is 1.94. The molecule has 2 rings (SSSR count). The predicted octanol–water partition coefficient (Wildman–Crippen LogP) is 1.22. The van der Waals surface area contributed by atoms with Crippen molar-refractivity contribution < 1.29 is 9.59 Å². The van der Waals surface area contributed by atoms with E-state index in [1.807, 2.05) is 25.1 Å². The van der Waals surface area contributed by atoms with Crippen LogP contribution in [-0.4, -0.2) is 41.4 Å². The van der Waals surface area contributed by atoms with E-state index in [9.17, 15) is 9.59 Å². The molecule has 0 saturated carbocycles. The van der Waals surface area contributed by atoms with Crippen LogP contribution in [0.25, 0.3) is 0 Å². The maximum atomic E-state index is 12.1. The molecule has 4 nitrogen and oxygen atoms in total. The van der Waals surface area contributed by atoms with Crippen molar-refractivity contribution in [1.29, 1.82) is 0 Å². The Bertz CT molecular complexity index is 422. The van der Waals surface area contributed by atoms with Crippen LogP contribution < -0.4 is 10.4 Å². The van der Waals surface area contributed by atoms with E-state index in [-0.39, 0.29) is 41.4 Å². The van der Waals surface area contributed by atoms with Gasteiger partial charge >= 0.3 is 29.6 Å². The van der Waals surface area contributed by atoms with Crippen molar-refractivity contribution in [1.82, 2.24) is 5.43 Å². The number of rotatable bonds is 4. The molecule has 1 aromatic rings. The molecular formula is C13H17N2NaO2. The standard InChI is InChI=1S/C13H16N2O2.Na.H/c1-2-3-9-11-12(16)14-15(13(11)17)10-7-5-4-6-8-10;;/h4-8,11H,2-3,9H2,1H3,(H,14,16);;. The van der Waals surface area contributed by atoms with Gasteiger partial charge in [-0.1, -0.05) is 38.0 Å². The van der Waals surface area contributed by atoms with E-state index in [1.54, 1.807) is 12.1 Å². The number of unbranched alkanes of at least 4 members (excludes halogenated alkanes) is 1. The van der Waals surface area contributed by atoms with Crippen LogP contribution in [0.3, 0.4) is 0 Å². The average molecular weight is 256 g/mol. The Labute approximate surface area is 129 Å². The van der Waals surface area contributed by atoms with Crippen molar-refractivity contribution in [3.05, 3.63) is 30.3 Å². The number of hydrogen-bond donors (Lipinski definition) is 1. The van der Waals surface area contributed by atoms with E-state index in [4.69, 9.17) is 0 Å². The summed E-state index contributed by atoms with van der Waals surface area (Å²) in [4.78, 5) is 23.8. The van der Waals surface area contributed by atoms with Crippen molar-refractivity contribution in [3.8, 4) is 0 Å². The van der Waals surface area contributed by atoms with Crippen molar-refractivity contribution in [3.63, 3.8) is 0 Å². The number of amides is 2. The molecule has 0 aliphatic carbocycles. The molecule has 1 unspecified atom stereocenters. The van der Waals surface area contributed by atoms with Gasteiger partial charge < -0.3 is 0 Å². The number of benzene rings is 1. The molecule has 18 heavy (non-hydrogen) atoms. The van der Waals surface area contributed by atoms with Gasteiger partial charge in [0.15, 0.2) is 0 Å². The molecule has 2 amide bonds. The minimum absolute atomic E-state index is 0. The molecule has 0 aromatic heterocycles. The zero-order chi connectivity index (χ0) is 12.3. The first-order valence-corrected chi connectivity index (χ1v) is 5.93.